The molecule has 3 aromatic rings. The molecule has 0 atom stereocenters. The summed E-state index contributed by atoms with van der Waals surface area (Å²) < 4.78 is 1.94. The molecule has 2 aliphatic rings. The number of benzene rings is 1. The van der Waals surface area contributed by atoms with Gasteiger partial charge in [0.05, 0.1) is 16.7 Å². The van der Waals surface area contributed by atoms with Crippen LogP contribution < -0.4 is 20.8 Å². The molecule has 2 N–H and O–H groups in total. The fourth-order valence-corrected chi connectivity index (χ4v) is 4.56. The van der Waals surface area contributed by atoms with E-state index in [0.29, 0.717) is 0 Å². The lowest BCUT2D eigenvalue weighted by molar-refractivity contribution is 0.394. The maximum atomic E-state index is 12.6. The van der Waals surface area contributed by atoms with Crippen LogP contribution in [0.2, 0.25) is 0 Å². The number of para-hydroxylation sites is 2. The molecule has 1 aromatic carbocycles. The minimum atomic E-state index is -0.00923. The average Bonchev–Trinajstić information content (AvgIpc) is 3.08. The van der Waals surface area contributed by atoms with E-state index >= 15 is 0 Å². The van der Waals surface area contributed by atoms with Crippen molar-refractivity contribution in [1.29, 1.82) is 0 Å². The number of hydrogen-bond donors (Lipinski definition) is 2. The Morgan fingerprint density at radius 1 is 1.14 bits per heavy atom. The van der Waals surface area contributed by atoms with Crippen LogP contribution in [0, 0.1) is 0 Å². The zero-order chi connectivity index (χ0) is 20.0. The monoisotopic (exact) mass is 393 g/mol. The maximum Gasteiger partial charge on any atom is 0.326 e. The van der Waals surface area contributed by atoms with E-state index in [4.69, 9.17) is 9.97 Å². The Balaban J connectivity index is 1.43. The van der Waals surface area contributed by atoms with E-state index < -0.39 is 0 Å². The van der Waals surface area contributed by atoms with Crippen LogP contribution in [0.3, 0.4) is 0 Å². The summed E-state index contributed by atoms with van der Waals surface area (Å²) in [5.41, 5.74) is 4.28. The van der Waals surface area contributed by atoms with Crippen molar-refractivity contribution in [1.82, 2.24) is 24.8 Å². The molecule has 0 bridgehead atoms. The lowest BCUT2D eigenvalue weighted by Crippen LogP contribution is -2.39. The van der Waals surface area contributed by atoms with Gasteiger partial charge in [-0.1, -0.05) is 12.1 Å². The van der Waals surface area contributed by atoms with Gasteiger partial charge in [0.15, 0.2) is 0 Å². The second-order valence-electron chi connectivity index (χ2n) is 8.13. The number of piperidine rings is 1. The molecule has 0 aliphatic carbocycles. The topological polar surface area (TPSA) is 82.1 Å². The second kappa shape index (κ2) is 7.18. The number of nitrogens with one attached hydrogen (secondary N) is 2. The Kier molecular flexibility index (Phi) is 4.50. The van der Waals surface area contributed by atoms with E-state index in [1.54, 1.807) is 0 Å². The van der Waals surface area contributed by atoms with Crippen molar-refractivity contribution in [3.05, 3.63) is 46.0 Å². The molecule has 8 heteroatoms. The van der Waals surface area contributed by atoms with Gasteiger partial charge >= 0.3 is 5.69 Å². The highest BCUT2D eigenvalue weighted by atomic mass is 16.1. The van der Waals surface area contributed by atoms with Gasteiger partial charge in [0.2, 0.25) is 5.95 Å². The Morgan fingerprint density at radius 2 is 1.93 bits per heavy atom. The first-order valence-electron chi connectivity index (χ1n) is 10.3. The first-order chi connectivity index (χ1) is 14.1. The van der Waals surface area contributed by atoms with Gasteiger partial charge in [-0.3, -0.25) is 4.57 Å². The highest BCUT2D eigenvalue weighted by Gasteiger charge is 2.28. The van der Waals surface area contributed by atoms with Gasteiger partial charge in [-0.15, -0.1) is 0 Å². The van der Waals surface area contributed by atoms with Crippen LogP contribution in [-0.2, 0) is 13.0 Å². The molecule has 1 saturated heterocycles. The molecule has 0 spiro atoms. The molecule has 2 aromatic heterocycles. The Labute approximate surface area is 169 Å². The zero-order valence-electron chi connectivity index (χ0n) is 17.0. The van der Waals surface area contributed by atoms with E-state index in [0.717, 1.165) is 73.9 Å². The third kappa shape index (κ3) is 3.17. The predicted octanol–water partition coefficient (Wildman–Crippen LogP) is 1.67. The molecular formula is C21H27N7O. The summed E-state index contributed by atoms with van der Waals surface area (Å²) in [5, 5.41) is 3.42. The summed E-state index contributed by atoms with van der Waals surface area (Å²) in [6.07, 6.45) is 2.81. The van der Waals surface area contributed by atoms with E-state index in [2.05, 4.69) is 15.2 Å². The van der Waals surface area contributed by atoms with Gasteiger partial charge in [0.1, 0.15) is 5.82 Å². The predicted molar refractivity (Wildman–Crippen MR) is 115 cm³/mol. The molecule has 0 radical (unpaired) electrons. The van der Waals surface area contributed by atoms with Gasteiger partial charge in [0.25, 0.3) is 0 Å². The third-order valence-electron chi connectivity index (χ3n) is 6.06. The summed E-state index contributed by atoms with van der Waals surface area (Å²) in [6.45, 7) is 3.54. The van der Waals surface area contributed by atoms with Crippen LogP contribution in [0.4, 0.5) is 11.8 Å². The molecule has 4 heterocycles. The van der Waals surface area contributed by atoms with Gasteiger partial charge in [0, 0.05) is 45.3 Å². The SMILES string of the molecule is CN(C)c1nc2c(c(N3CCC(n4c(=O)[nH]c5ccccc54)CC3)n1)CCNC2. The Hall–Kier alpha value is -2.87. The van der Waals surface area contributed by atoms with E-state index in [-0.39, 0.29) is 11.7 Å². The summed E-state index contributed by atoms with van der Waals surface area (Å²) >= 11 is 0. The lowest BCUT2D eigenvalue weighted by atomic mass is 10.0. The molecule has 1 fully saturated rings. The summed E-state index contributed by atoms with van der Waals surface area (Å²) in [4.78, 5) is 29.6. The molecular weight excluding hydrogens is 366 g/mol. The van der Waals surface area contributed by atoms with E-state index in [1.807, 2.05) is 47.8 Å². The van der Waals surface area contributed by atoms with Crippen molar-refractivity contribution < 1.29 is 0 Å². The number of nitrogens with zero attached hydrogens (tertiary/aromatic N) is 5. The first-order valence-corrected chi connectivity index (χ1v) is 10.3. The number of aromatic amines is 1. The highest BCUT2D eigenvalue weighted by Crippen LogP contribution is 2.31. The van der Waals surface area contributed by atoms with Crippen molar-refractivity contribution in [2.24, 2.45) is 0 Å². The van der Waals surface area contributed by atoms with Gasteiger partial charge < -0.3 is 20.1 Å². The molecule has 29 heavy (non-hydrogen) atoms. The number of fused-ring (bicyclic) bond motifs is 2. The fraction of sp³-hybridized carbons (Fsp3) is 0.476. The molecule has 2 aliphatic heterocycles. The van der Waals surface area contributed by atoms with Gasteiger partial charge in [-0.25, -0.2) is 9.78 Å². The standard InChI is InChI=1S/C21H27N7O/c1-26(2)20-23-17-13-22-10-7-15(17)19(25-20)27-11-8-14(9-12-27)28-18-6-4-3-5-16(18)24-21(28)29/h3-6,14,22H,7-13H2,1-2H3,(H,24,29). The lowest BCUT2D eigenvalue weighted by Gasteiger charge is -2.35. The maximum absolute atomic E-state index is 12.6. The largest absolute Gasteiger partial charge is 0.356 e. The number of anilines is 2. The van der Waals surface area contributed by atoms with E-state index in [1.165, 1.54) is 5.56 Å². The van der Waals surface area contributed by atoms with E-state index in [9.17, 15) is 4.79 Å². The van der Waals surface area contributed by atoms with Crippen LogP contribution in [0.1, 0.15) is 30.1 Å². The normalized spacial score (nSPS) is 17.5. The molecule has 0 saturated carbocycles. The van der Waals surface area contributed by atoms with Crippen molar-refractivity contribution in [3.63, 3.8) is 0 Å². The fourth-order valence-electron chi connectivity index (χ4n) is 4.56. The molecule has 152 valence electrons. The second-order valence-corrected chi connectivity index (χ2v) is 8.13. The van der Waals surface area contributed by atoms with Crippen molar-refractivity contribution in [2.75, 3.05) is 43.5 Å². The zero-order valence-corrected chi connectivity index (χ0v) is 17.0. The van der Waals surface area contributed by atoms with Crippen LogP contribution in [-0.4, -0.2) is 53.2 Å². The Bertz CT molecular complexity index is 1090. The number of H-pyrrole nitrogens is 1. The number of rotatable bonds is 3. The van der Waals surface area contributed by atoms with Gasteiger partial charge in [-0.2, -0.15) is 4.98 Å². The molecule has 0 unspecified atom stereocenters. The smallest absolute Gasteiger partial charge is 0.326 e. The van der Waals surface area contributed by atoms with Crippen LogP contribution in [0.15, 0.2) is 29.1 Å². The molecule has 8 nitrogen and oxygen atoms in total. The third-order valence-corrected chi connectivity index (χ3v) is 6.06. The summed E-state index contributed by atoms with van der Waals surface area (Å²) in [7, 11) is 3.97. The van der Waals surface area contributed by atoms with Crippen LogP contribution in [0.5, 0.6) is 0 Å². The Morgan fingerprint density at radius 3 is 2.72 bits per heavy atom. The quantitative estimate of drug-likeness (QED) is 0.705. The van der Waals surface area contributed by atoms with Crippen molar-refractivity contribution in [2.45, 2.75) is 31.8 Å². The highest BCUT2D eigenvalue weighted by molar-refractivity contribution is 5.75. The molecule has 0 amide bonds. The van der Waals surface area contributed by atoms with Crippen molar-refractivity contribution >= 4 is 22.8 Å². The van der Waals surface area contributed by atoms with Gasteiger partial charge in [-0.05, 0) is 37.9 Å². The summed E-state index contributed by atoms with van der Waals surface area (Å²) in [6, 6.07) is 8.15. The first kappa shape index (κ1) is 18.2. The average molecular weight is 393 g/mol. The number of hydrogen-bond acceptors (Lipinski definition) is 6. The minimum absolute atomic E-state index is 0.00923. The number of aromatic nitrogens is 4. The van der Waals surface area contributed by atoms with Crippen LogP contribution >= 0.6 is 0 Å². The molecule has 5 rings (SSSR count). The minimum Gasteiger partial charge on any atom is -0.356 e. The van der Waals surface area contributed by atoms with Crippen LogP contribution in [0.25, 0.3) is 11.0 Å². The summed E-state index contributed by atoms with van der Waals surface area (Å²) in [5.74, 6) is 1.84. The number of imidazole rings is 1. The van der Waals surface area contributed by atoms with Crippen molar-refractivity contribution in [3.8, 4) is 0 Å².